The van der Waals surface area contributed by atoms with Crippen molar-refractivity contribution < 1.29 is 8.78 Å². The monoisotopic (exact) mass is 629 g/mol. The third-order valence-electron chi connectivity index (χ3n) is 6.65. The molecule has 0 spiro atoms. The summed E-state index contributed by atoms with van der Waals surface area (Å²) in [4.78, 5) is 24.7. The summed E-state index contributed by atoms with van der Waals surface area (Å²) >= 11 is 0. The van der Waals surface area contributed by atoms with Gasteiger partial charge in [0.1, 0.15) is 11.4 Å². The SMILES string of the molecule is Cc1c(C#N)cccc1-c1nc(N)c(F)c(C#CN=C(C=CN)CN=CC(=NN)c2nc(-c3cccc(C#N)c3C)nc(N)c2F)n1. The van der Waals surface area contributed by atoms with E-state index in [-0.39, 0.29) is 41.0 Å². The largest absolute Gasteiger partial charge is 0.405 e. The topological polar surface area (TPSA) is 240 Å². The fourth-order valence-corrected chi connectivity index (χ4v) is 4.19. The number of hydrogen-bond acceptors (Lipinski definition) is 13. The van der Waals surface area contributed by atoms with Crippen LogP contribution < -0.4 is 23.0 Å². The molecule has 47 heavy (non-hydrogen) atoms. The molecule has 0 unspecified atom stereocenters. The zero-order valence-corrected chi connectivity index (χ0v) is 25.0. The van der Waals surface area contributed by atoms with Crippen molar-refractivity contribution in [3.05, 3.63) is 94.0 Å². The van der Waals surface area contributed by atoms with Gasteiger partial charge in [-0.05, 0) is 55.3 Å². The summed E-state index contributed by atoms with van der Waals surface area (Å²) in [6, 6.07) is 16.5. The normalized spacial score (nSPS) is 11.7. The molecule has 2 aromatic heterocycles. The van der Waals surface area contributed by atoms with E-state index in [1.54, 1.807) is 50.2 Å². The van der Waals surface area contributed by atoms with Gasteiger partial charge in [0.05, 0.1) is 41.7 Å². The van der Waals surface area contributed by atoms with Gasteiger partial charge < -0.3 is 23.0 Å². The van der Waals surface area contributed by atoms with Crippen molar-refractivity contribution in [3.8, 4) is 46.9 Å². The highest BCUT2D eigenvalue weighted by atomic mass is 19.1. The Bertz CT molecular complexity index is 2140. The standard InChI is InChI=1S/C32H25F2N13/c1-17-19(13-36)5-3-7-22(17)31-43-24(26(33)29(38)45-31)10-12-42-21(9-11-35)15-41-16-25(47-40)28-27(34)30(39)46-32(44-28)23-8-4-6-20(14-37)18(23)2/h3-9,11,16H,15,35,40H2,1-2H3,(H2,38,43,45)(H2,39,44,46). The van der Waals surface area contributed by atoms with E-state index in [4.69, 9.17) is 23.0 Å². The molecule has 0 amide bonds. The Morgan fingerprint density at radius 2 is 1.45 bits per heavy atom. The second kappa shape index (κ2) is 14.6. The van der Waals surface area contributed by atoms with Crippen LogP contribution in [0.25, 0.3) is 22.8 Å². The highest BCUT2D eigenvalue weighted by Crippen LogP contribution is 2.26. The lowest BCUT2D eigenvalue weighted by molar-refractivity contribution is 0.616. The van der Waals surface area contributed by atoms with E-state index in [0.717, 1.165) is 6.21 Å². The molecule has 4 rings (SSSR count). The molecule has 0 aliphatic rings. The van der Waals surface area contributed by atoms with Crippen LogP contribution in [0.1, 0.15) is 33.6 Å². The number of nitrogens with zero attached hydrogens (tertiary/aromatic N) is 9. The summed E-state index contributed by atoms with van der Waals surface area (Å²) < 4.78 is 29.8. The molecule has 15 heteroatoms. The molecule has 0 saturated carbocycles. The predicted molar refractivity (Wildman–Crippen MR) is 174 cm³/mol. The van der Waals surface area contributed by atoms with Gasteiger partial charge in [0.15, 0.2) is 40.6 Å². The molecule has 2 heterocycles. The summed E-state index contributed by atoms with van der Waals surface area (Å²) in [5, 5.41) is 22.3. The Morgan fingerprint density at radius 1 is 0.872 bits per heavy atom. The van der Waals surface area contributed by atoms with Gasteiger partial charge in [-0.2, -0.15) is 20.0 Å². The van der Waals surface area contributed by atoms with E-state index in [0.29, 0.717) is 33.4 Å². The van der Waals surface area contributed by atoms with Gasteiger partial charge in [0, 0.05) is 17.2 Å². The Kier molecular flexibility index (Phi) is 10.2. The lowest BCUT2D eigenvalue weighted by Gasteiger charge is -2.10. The molecule has 0 radical (unpaired) electrons. The minimum atomic E-state index is -0.972. The lowest BCUT2D eigenvalue weighted by Crippen LogP contribution is -2.16. The average molecular weight is 630 g/mol. The third-order valence-corrected chi connectivity index (χ3v) is 6.65. The Balaban J connectivity index is 1.62. The van der Waals surface area contributed by atoms with E-state index in [1.807, 2.05) is 0 Å². The van der Waals surface area contributed by atoms with E-state index in [2.05, 4.69) is 59.1 Å². The van der Waals surface area contributed by atoms with Crippen LogP contribution in [-0.2, 0) is 0 Å². The molecule has 0 fully saturated rings. The van der Waals surface area contributed by atoms with Crippen LogP contribution in [-0.4, -0.2) is 44.1 Å². The predicted octanol–water partition coefficient (Wildman–Crippen LogP) is 3.06. The number of nitrogens with two attached hydrogens (primary N) is 4. The van der Waals surface area contributed by atoms with Crippen molar-refractivity contribution in [2.75, 3.05) is 18.0 Å². The quantitative estimate of drug-likeness (QED) is 0.101. The van der Waals surface area contributed by atoms with Gasteiger partial charge in [-0.25, -0.2) is 29.3 Å². The van der Waals surface area contributed by atoms with Crippen LogP contribution in [0.2, 0.25) is 0 Å². The average Bonchev–Trinajstić information content (AvgIpc) is 3.06. The molecule has 0 bridgehead atoms. The molecule has 0 atom stereocenters. The smallest absolute Gasteiger partial charge is 0.199 e. The maximum Gasteiger partial charge on any atom is 0.199 e. The van der Waals surface area contributed by atoms with Crippen molar-refractivity contribution in [1.82, 2.24) is 19.9 Å². The van der Waals surface area contributed by atoms with Gasteiger partial charge in [0.2, 0.25) is 0 Å². The molecule has 8 N–H and O–H groups in total. The third kappa shape index (κ3) is 7.20. The summed E-state index contributed by atoms with van der Waals surface area (Å²) in [6.45, 7) is 3.27. The zero-order valence-electron chi connectivity index (χ0n) is 25.0. The highest BCUT2D eigenvalue weighted by Gasteiger charge is 2.19. The number of anilines is 2. The van der Waals surface area contributed by atoms with Gasteiger partial charge in [-0.1, -0.05) is 24.3 Å². The first-order valence-electron chi connectivity index (χ1n) is 13.5. The number of hydrogen-bond donors (Lipinski definition) is 4. The number of nitrogen functional groups attached to an aromatic ring is 2. The lowest BCUT2D eigenvalue weighted by atomic mass is 10.0. The van der Waals surface area contributed by atoms with Crippen LogP contribution in [0, 0.1) is 60.1 Å². The summed E-state index contributed by atoms with van der Waals surface area (Å²) in [5.41, 5.74) is 19.5. The molecular weight excluding hydrogens is 604 g/mol. The first-order chi connectivity index (χ1) is 22.6. The highest BCUT2D eigenvalue weighted by molar-refractivity contribution is 6.38. The summed E-state index contributed by atoms with van der Waals surface area (Å²) in [7, 11) is 0. The molecule has 0 aliphatic heterocycles. The minimum absolute atomic E-state index is 0.0558. The van der Waals surface area contributed by atoms with Crippen molar-refractivity contribution in [3.63, 3.8) is 0 Å². The van der Waals surface area contributed by atoms with Crippen LogP contribution in [0.4, 0.5) is 20.4 Å². The van der Waals surface area contributed by atoms with Crippen molar-refractivity contribution >= 4 is 29.3 Å². The second-order valence-electron chi connectivity index (χ2n) is 9.55. The van der Waals surface area contributed by atoms with Crippen LogP contribution >= 0.6 is 0 Å². The number of aromatic nitrogens is 4. The first kappa shape index (κ1) is 32.9. The fourth-order valence-electron chi connectivity index (χ4n) is 4.19. The van der Waals surface area contributed by atoms with E-state index in [1.165, 1.54) is 12.3 Å². The zero-order chi connectivity index (χ0) is 34.1. The first-order valence-corrected chi connectivity index (χ1v) is 13.5. The maximum absolute atomic E-state index is 15.0. The number of aliphatic imine (C=N–C) groups is 2. The number of hydrazone groups is 1. The Labute approximate surface area is 267 Å². The van der Waals surface area contributed by atoms with Crippen molar-refractivity contribution in [2.45, 2.75) is 13.8 Å². The maximum atomic E-state index is 15.0. The van der Waals surface area contributed by atoms with Gasteiger partial charge in [-0.15, -0.1) is 0 Å². The van der Waals surface area contributed by atoms with Gasteiger partial charge in [-0.3, -0.25) is 4.99 Å². The van der Waals surface area contributed by atoms with E-state index in [9.17, 15) is 14.9 Å². The number of benzene rings is 2. The molecular formula is C32H25F2N13. The molecule has 0 aliphatic carbocycles. The minimum Gasteiger partial charge on any atom is -0.405 e. The molecule has 4 aromatic rings. The van der Waals surface area contributed by atoms with Crippen LogP contribution in [0.5, 0.6) is 0 Å². The Hall–Kier alpha value is -7.05. The molecule has 13 nitrogen and oxygen atoms in total. The van der Waals surface area contributed by atoms with Crippen LogP contribution in [0.3, 0.4) is 0 Å². The summed E-state index contributed by atoms with van der Waals surface area (Å²) in [5.74, 6) is 5.38. The molecule has 0 saturated heterocycles. The Morgan fingerprint density at radius 3 is 2.00 bits per heavy atom. The fraction of sp³-hybridized carbons (Fsp3) is 0.0938. The van der Waals surface area contributed by atoms with Gasteiger partial charge >= 0.3 is 0 Å². The number of nitriles is 2. The summed E-state index contributed by atoms with van der Waals surface area (Å²) in [6.07, 6.45) is 3.73. The van der Waals surface area contributed by atoms with Crippen molar-refractivity contribution in [2.24, 2.45) is 26.7 Å². The van der Waals surface area contributed by atoms with E-state index < -0.39 is 23.3 Å². The van der Waals surface area contributed by atoms with Gasteiger partial charge in [0.25, 0.3) is 0 Å². The number of rotatable bonds is 7. The van der Waals surface area contributed by atoms with Crippen molar-refractivity contribution in [1.29, 1.82) is 10.5 Å². The second-order valence-corrected chi connectivity index (χ2v) is 9.55. The van der Waals surface area contributed by atoms with Crippen LogP contribution in [0.15, 0.2) is 63.8 Å². The molecule has 2 aromatic carbocycles. The van der Waals surface area contributed by atoms with E-state index >= 15 is 4.39 Å². The number of halogens is 2. The molecule has 232 valence electrons.